The summed E-state index contributed by atoms with van der Waals surface area (Å²) in [6, 6.07) is 12.7. The molecule has 0 heterocycles. The molecule has 0 aliphatic rings. The molecule has 6 nitrogen and oxygen atoms in total. The van der Waals surface area contributed by atoms with Crippen molar-refractivity contribution in [2.45, 2.75) is 33.2 Å². The minimum Gasteiger partial charge on any atom is -0.497 e. The average molecular weight is 535 g/mol. The molecule has 9 heteroatoms. The Morgan fingerprint density at radius 1 is 1.03 bits per heavy atom. The van der Waals surface area contributed by atoms with E-state index in [-0.39, 0.29) is 36.3 Å². The van der Waals surface area contributed by atoms with Crippen molar-refractivity contribution in [3.8, 4) is 11.5 Å². The lowest BCUT2D eigenvalue weighted by molar-refractivity contribution is -0.0505. The van der Waals surface area contributed by atoms with Gasteiger partial charge in [-0.3, -0.25) is 4.99 Å². The van der Waals surface area contributed by atoms with Crippen molar-refractivity contribution >= 4 is 29.9 Å². The Balaban J connectivity index is 0.00000450. The highest BCUT2D eigenvalue weighted by atomic mass is 127. The Bertz CT molecular complexity index is 807. The highest BCUT2D eigenvalue weighted by Gasteiger charge is 2.12. The van der Waals surface area contributed by atoms with Gasteiger partial charge in [0.15, 0.2) is 5.96 Å². The number of halogens is 3. The number of ether oxygens (including phenoxy) is 3. The van der Waals surface area contributed by atoms with Crippen LogP contribution in [0, 0.1) is 0 Å². The fourth-order valence-electron chi connectivity index (χ4n) is 2.69. The van der Waals surface area contributed by atoms with E-state index in [0.29, 0.717) is 37.0 Å². The lowest BCUT2D eigenvalue weighted by Gasteiger charge is -2.16. The predicted octanol–water partition coefficient (Wildman–Crippen LogP) is 4.32. The van der Waals surface area contributed by atoms with Crippen molar-refractivity contribution in [1.29, 1.82) is 0 Å². The number of rotatable bonds is 10. The van der Waals surface area contributed by atoms with Gasteiger partial charge in [0.2, 0.25) is 0 Å². The molecule has 0 aliphatic carbocycles. The van der Waals surface area contributed by atoms with Crippen LogP contribution in [0.4, 0.5) is 8.78 Å². The summed E-state index contributed by atoms with van der Waals surface area (Å²) < 4.78 is 40.6. The van der Waals surface area contributed by atoms with Crippen LogP contribution in [-0.4, -0.2) is 33.3 Å². The molecule has 0 saturated carbocycles. The summed E-state index contributed by atoms with van der Waals surface area (Å²) in [6.07, 6.45) is 0. The van der Waals surface area contributed by atoms with Crippen molar-refractivity contribution in [3.05, 3.63) is 59.2 Å². The van der Waals surface area contributed by atoms with E-state index in [2.05, 4.69) is 20.4 Å². The lowest BCUT2D eigenvalue weighted by atomic mass is 10.1. The van der Waals surface area contributed by atoms with Gasteiger partial charge in [0.25, 0.3) is 0 Å². The molecule has 0 aliphatic heterocycles. The van der Waals surface area contributed by atoms with Crippen LogP contribution in [-0.2, 0) is 24.4 Å². The van der Waals surface area contributed by atoms with E-state index in [4.69, 9.17) is 9.47 Å². The second-order valence-electron chi connectivity index (χ2n) is 6.04. The number of alkyl halides is 2. The Kier molecular flexibility index (Phi) is 12.1. The maximum atomic E-state index is 12.7. The number of aliphatic imine (C=N–C) groups is 1. The van der Waals surface area contributed by atoms with E-state index in [1.54, 1.807) is 19.2 Å². The number of hydrogen-bond donors (Lipinski definition) is 2. The molecule has 0 bridgehead atoms. The standard InChI is InChI=1S/C21H27F2N3O3.HI/c1-4-28-14-16-8-6-5-7-15(16)12-25-21(24-2)26-13-17-11-18(27-3)9-10-19(17)29-20(22)23;/h5-11,20H,4,12-14H2,1-3H3,(H2,24,25,26);1H. The van der Waals surface area contributed by atoms with Crippen molar-refractivity contribution in [3.63, 3.8) is 0 Å². The Morgan fingerprint density at radius 3 is 2.30 bits per heavy atom. The molecule has 0 atom stereocenters. The SMILES string of the molecule is CCOCc1ccccc1CNC(=NC)NCc1cc(OC)ccc1OC(F)F.I. The zero-order valence-corrected chi connectivity index (χ0v) is 19.6. The molecule has 166 valence electrons. The van der Waals surface area contributed by atoms with Gasteiger partial charge >= 0.3 is 6.61 Å². The van der Waals surface area contributed by atoms with Crippen molar-refractivity contribution in [2.24, 2.45) is 4.99 Å². The van der Waals surface area contributed by atoms with Gasteiger partial charge in [-0.15, -0.1) is 24.0 Å². The van der Waals surface area contributed by atoms with Gasteiger partial charge in [-0.2, -0.15) is 8.78 Å². The quantitative estimate of drug-likeness (QED) is 0.270. The second-order valence-corrected chi connectivity index (χ2v) is 6.04. The first-order valence-electron chi connectivity index (χ1n) is 9.28. The van der Waals surface area contributed by atoms with Crippen LogP contribution >= 0.6 is 24.0 Å². The molecule has 0 radical (unpaired) electrons. The zero-order chi connectivity index (χ0) is 21.1. The number of guanidine groups is 1. The van der Waals surface area contributed by atoms with Gasteiger partial charge in [0, 0.05) is 32.3 Å². The summed E-state index contributed by atoms with van der Waals surface area (Å²) >= 11 is 0. The van der Waals surface area contributed by atoms with Crippen LogP contribution < -0.4 is 20.1 Å². The number of nitrogens with one attached hydrogen (secondary N) is 2. The van der Waals surface area contributed by atoms with Gasteiger partial charge in [-0.25, -0.2) is 0 Å². The summed E-state index contributed by atoms with van der Waals surface area (Å²) in [5.41, 5.74) is 2.72. The molecular formula is C21H28F2IN3O3. The molecule has 2 rings (SSSR count). The van der Waals surface area contributed by atoms with Crippen LogP contribution in [0.1, 0.15) is 23.6 Å². The van der Waals surface area contributed by atoms with Gasteiger partial charge in [-0.1, -0.05) is 24.3 Å². The fraction of sp³-hybridized carbons (Fsp3) is 0.381. The van der Waals surface area contributed by atoms with Crippen LogP contribution in [0.2, 0.25) is 0 Å². The van der Waals surface area contributed by atoms with Gasteiger partial charge in [0.1, 0.15) is 11.5 Å². The third kappa shape index (κ3) is 8.31. The smallest absolute Gasteiger partial charge is 0.387 e. The third-order valence-electron chi connectivity index (χ3n) is 4.18. The summed E-state index contributed by atoms with van der Waals surface area (Å²) in [4.78, 5) is 4.19. The minimum atomic E-state index is -2.90. The number of nitrogens with zero attached hydrogens (tertiary/aromatic N) is 1. The molecule has 2 aromatic carbocycles. The normalized spacial score (nSPS) is 11.1. The fourth-order valence-corrected chi connectivity index (χ4v) is 2.69. The van der Waals surface area contributed by atoms with E-state index in [1.807, 2.05) is 31.2 Å². The molecule has 0 amide bonds. The molecule has 0 aromatic heterocycles. The maximum Gasteiger partial charge on any atom is 0.387 e. The monoisotopic (exact) mass is 535 g/mol. The van der Waals surface area contributed by atoms with Gasteiger partial charge < -0.3 is 24.8 Å². The minimum absolute atomic E-state index is 0. The maximum absolute atomic E-state index is 12.7. The first-order valence-corrected chi connectivity index (χ1v) is 9.28. The molecule has 30 heavy (non-hydrogen) atoms. The van der Waals surface area contributed by atoms with E-state index < -0.39 is 6.61 Å². The summed E-state index contributed by atoms with van der Waals surface area (Å²) in [5, 5.41) is 6.34. The third-order valence-corrected chi connectivity index (χ3v) is 4.18. The summed E-state index contributed by atoms with van der Waals surface area (Å²) in [6.45, 7) is 1.02. The van der Waals surface area contributed by atoms with Gasteiger partial charge in [-0.05, 0) is 36.2 Å². The molecule has 0 fully saturated rings. The summed E-state index contributed by atoms with van der Waals surface area (Å²) in [7, 11) is 3.16. The predicted molar refractivity (Wildman–Crippen MR) is 124 cm³/mol. The Morgan fingerprint density at radius 2 is 1.70 bits per heavy atom. The number of benzene rings is 2. The highest BCUT2D eigenvalue weighted by Crippen LogP contribution is 2.25. The van der Waals surface area contributed by atoms with E-state index in [9.17, 15) is 8.78 Å². The first kappa shape index (κ1) is 25.9. The van der Waals surface area contributed by atoms with E-state index in [0.717, 1.165) is 11.1 Å². The van der Waals surface area contributed by atoms with Crippen molar-refractivity contribution < 1.29 is 23.0 Å². The zero-order valence-electron chi connectivity index (χ0n) is 17.3. The van der Waals surface area contributed by atoms with Crippen molar-refractivity contribution in [1.82, 2.24) is 10.6 Å². The lowest BCUT2D eigenvalue weighted by Crippen LogP contribution is -2.36. The van der Waals surface area contributed by atoms with Crippen LogP contribution in [0.15, 0.2) is 47.5 Å². The number of hydrogen-bond acceptors (Lipinski definition) is 4. The molecular weight excluding hydrogens is 507 g/mol. The molecule has 2 N–H and O–H groups in total. The van der Waals surface area contributed by atoms with Crippen molar-refractivity contribution in [2.75, 3.05) is 20.8 Å². The Labute approximate surface area is 193 Å². The molecule has 0 saturated heterocycles. The van der Waals surface area contributed by atoms with Gasteiger partial charge in [0.05, 0.1) is 13.7 Å². The topological polar surface area (TPSA) is 64.1 Å². The first-order chi connectivity index (χ1) is 14.1. The largest absolute Gasteiger partial charge is 0.497 e. The van der Waals surface area contributed by atoms with Crippen LogP contribution in [0.3, 0.4) is 0 Å². The van der Waals surface area contributed by atoms with Crippen LogP contribution in [0.5, 0.6) is 11.5 Å². The molecule has 0 unspecified atom stereocenters. The average Bonchev–Trinajstić information content (AvgIpc) is 2.73. The summed E-state index contributed by atoms with van der Waals surface area (Å²) in [5.74, 6) is 1.17. The second kappa shape index (κ2) is 14.0. The highest BCUT2D eigenvalue weighted by molar-refractivity contribution is 14.0. The van der Waals surface area contributed by atoms with Crippen LogP contribution in [0.25, 0.3) is 0 Å². The van der Waals surface area contributed by atoms with E-state index >= 15 is 0 Å². The van der Waals surface area contributed by atoms with E-state index in [1.165, 1.54) is 13.2 Å². The molecule has 0 spiro atoms. The molecule has 2 aromatic rings. The Hall–Kier alpha value is -2.14. The number of methoxy groups -OCH3 is 1.